The zero-order valence-corrected chi connectivity index (χ0v) is 9.78. The van der Waals surface area contributed by atoms with Gasteiger partial charge in [-0.1, -0.05) is 30.3 Å². The first-order valence-corrected chi connectivity index (χ1v) is 5.39. The average molecular weight is 258 g/mol. The number of nitro groups is 1. The third-order valence-corrected chi connectivity index (χ3v) is 2.41. The van der Waals surface area contributed by atoms with Gasteiger partial charge in [0.05, 0.1) is 6.07 Å². The summed E-state index contributed by atoms with van der Waals surface area (Å²) < 4.78 is 5.09. The lowest BCUT2D eigenvalue weighted by molar-refractivity contribution is -0.402. The number of hydrogen-bond donors (Lipinski definition) is 1. The van der Waals surface area contributed by atoms with Gasteiger partial charge in [-0.3, -0.25) is 14.9 Å². The number of benzene rings is 1. The maximum Gasteiger partial charge on any atom is 0.433 e. The normalized spacial score (nSPS) is 11.3. The lowest BCUT2D eigenvalue weighted by Crippen LogP contribution is -2.07. The molecule has 0 saturated heterocycles. The molecule has 6 heteroatoms. The van der Waals surface area contributed by atoms with Gasteiger partial charge in [0.25, 0.3) is 0 Å². The van der Waals surface area contributed by atoms with Crippen LogP contribution in [-0.2, 0) is 4.79 Å². The van der Waals surface area contributed by atoms with E-state index in [4.69, 9.17) is 10.2 Å². The van der Waals surface area contributed by atoms with Gasteiger partial charge in [-0.2, -0.15) is 0 Å². The number of amides is 1. The van der Waals surface area contributed by atoms with Crippen molar-refractivity contribution in [3.8, 4) is 0 Å². The van der Waals surface area contributed by atoms with E-state index in [-0.39, 0.29) is 11.6 Å². The summed E-state index contributed by atoms with van der Waals surface area (Å²) in [5.74, 6) is -0.823. The fourth-order valence-electron chi connectivity index (χ4n) is 1.63. The van der Waals surface area contributed by atoms with Gasteiger partial charge in [-0.15, -0.1) is 0 Å². The van der Waals surface area contributed by atoms with E-state index < -0.39 is 10.8 Å². The topological polar surface area (TPSA) is 99.4 Å². The summed E-state index contributed by atoms with van der Waals surface area (Å²) >= 11 is 0. The number of furan rings is 1. The van der Waals surface area contributed by atoms with Crippen LogP contribution in [0.3, 0.4) is 0 Å². The minimum atomic E-state index is -0.655. The van der Waals surface area contributed by atoms with Crippen molar-refractivity contribution in [3.05, 3.63) is 70.0 Å². The Balaban J connectivity index is 2.50. The van der Waals surface area contributed by atoms with Crippen LogP contribution < -0.4 is 5.73 Å². The molecule has 0 aliphatic carbocycles. The SMILES string of the molecule is NC(=O)/C=C(\c1ccccc1)c1ccc([N+](=O)[O-])o1. The molecule has 2 aromatic rings. The first-order valence-electron chi connectivity index (χ1n) is 5.39. The van der Waals surface area contributed by atoms with Crippen molar-refractivity contribution < 1.29 is 14.1 Å². The number of nitrogens with zero attached hydrogens (tertiary/aromatic N) is 1. The fraction of sp³-hybridized carbons (Fsp3) is 0. The Bertz CT molecular complexity index is 644. The zero-order chi connectivity index (χ0) is 13.8. The maximum atomic E-state index is 11.1. The molecule has 0 saturated carbocycles. The van der Waals surface area contributed by atoms with Crippen molar-refractivity contribution >= 4 is 17.4 Å². The lowest BCUT2D eigenvalue weighted by atomic mass is 10.0. The summed E-state index contributed by atoms with van der Waals surface area (Å²) in [6, 6.07) is 11.5. The Morgan fingerprint density at radius 2 is 1.89 bits per heavy atom. The second kappa shape index (κ2) is 5.18. The molecule has 1 aromatic carbocycles. The minimum absolute atomic E-state index is 0.219. The summed E-state index contributed by atoms with van der Waals surface area (Å²) in [7, 11) is 0. The van der Waals surface area contributed by atoms with E-state index in [0.29, 0.717) is 11.1 Å². The molecule has 1 aromatic heterocycles. The van der Waals surface area contributed by atoms with E-state index >= 15 is 0 Å². The summed E-state index contributed by atoms with van der Waals surface area (Å²) in [6.45, 7) is 0. The van der Waals surface area contributed by atoms with Crippen LogP contribution in [-0.4, -0.2) is 10.8 Å². The smallest absolute Gasteiger partial charge is 0.401 e. The van der Waals surface area contributed by atoms with E-state index in [1.165, 1.54) is 18.2 Å². The number of carbonyl (C=O) groups is 1. The minimum Gasteiger partial charge on any atom is -0.401 e. The predicted molar refractivity (Wildman–Crippen MR) is 68.1 cm³/mol. The number of hydrogen-bond acceptors (Lipinski definition) is 4. The molecule has 1 amide bonds. The van der Waals surface area contributed by atoms with Gasteiger partial charge in [0, 0.05) is 11.6 Å². The standard InChI is InChI=1S/C13H10N2O4/c14-12(16)8-10(9-4-2-1-3-5-9)11-6-7-13(19-11)15(17)18/h1-8H,(H2,14,16)/b10-8+. The van der Waals surface area contributed by atoms with Crippen molar-refractivity contribution in [1.82, 2.24) is 0 Å². The first-order chi connectivity index (χ1) is 9.08. The Morgan fingerprint density at radius 1 is 1.21 bits per heavy atom. The maximum absolute atomic E-state index is 11.1. The largest absolute Gasteiger partial charge is 0.433 e. The molecule has 1 heterocycles. The van der Waals surface area contributed by atoms with Crippen LogP contribution >= 0.6 is 0 Å². The van der Waals surface area contributed by atoms with Gasteiger partial charge >= 0.3 is 5.88 Å². The van der Waals surface area contributed by atoms with Gasteiger partial charge in [-0.25, -0.2) is 0 Å². The first kappa shape index (κ1) is 12.6. The van der Waals surface area contributed by atoms with E-state index in [1.807, 2.05) is 6.07 Å². The van der Waals surface area contributed by atoms with Crippen LogP contribution in [0.1, 0.15) is 11.3 Å². The lowest BCUT2D eigenvalue weighted by Gasteiger charge is -2.03. The van der Waals surface area contributed by atoms with Crippen molar-refractivity contribution in [3.63, 3.8) is 0 Å². The quantitative estimate of drug-likeness (QED) is 0.515. The van der Waals surface area contributed by atoms with Crippen molar-refractivity contribution in [2.24, 2.45) is 5.73 Å². The Labute approximate surface area is 108 Å². The van der Waals surface area contributed by atoms with Gasteiger partial charge in [0.15, 0.2) is 0 Å². The number of rotatable bonds is 4. The van der Waals surface area contributed by atoms with E-state index in [1.54, 1.807) is 24.3 Å². The van der Waals surface area contributed by atoms with Crippen LogP contribution in [0, 0.1) is 10.1 Å². The molecule has 19 heavy (non-hydrogen) atoms. The molecule has 0 spiro atoms. The average Bonchev–Trinajstić information content (AvgIpc) is 2.86. The fourth-order valence-corrected chi connectivity index (χ4v) is 1.63. The molecular weight excluding hydrogens is 248 g/mol. The number of carbonyl (C=O) groups excluding carboxylic acids is 1. The molecule has 96 valence electrons. The highest BCUT2D eigenvalue weighted by atomic mass is 16.6. The summed E-state index contributed by atoms with van der Waals surface area (Å²) in [5.41, 5.74) is 6.23. The summed E-state index contributed by atoms with van der Waals surface area (Å²) in [5, 5.41) is 10.6. The third kappa shape index (κ3) is 2.86. The van der Waals surface area contributed by atoms with Gasteiger partial charge in [0.2, 0.25) is 5.91 Å². The molecule has 0 bridgehead atoms. The number of nitrogens with two attached hydrogens (primary N) is 1. The highest BCUT2D eigenvalue weighted by molar-refractivity contribution is 5.97. The Morgan fingerprint density at radius 3 is 2.42 bits per heavy atom. The molecular formula is C13H10N2O4. The molecule has 2 rings (SSSR count). The van der Waals surface area contributed by atoms with E-state index in [2.05, 4.69) is 0 Å². The number of primary amides is 1. The second-order valence-corrected chi connectivity index (χ2v) is 3.72. The third-order valence-electron chi connectivity index (χ3n) is 2.41. The molecule has 0 aliphatic heterocycles. The molecule has 0 atom stereocenters. The highest BCUT2D eigenvalue weighted by Crippen LogP contribution is 2.27. The summed E-state index contributed by atoms with van der Waals surface area (Å²) in [4.78, 5) is 21.0. The van der Waals surface area contributed by atoms with E-state index in [0.717, 1.165) is 0 Å². The van der Waals surface area contributed by atoms with Gasteiger partial charge in [-0.05, 0) is 11.6 Å². The molecule has 0 radical (unpaired) electrons. The van der Waals surface area contributed by atoms with Crippen molar-refractivity contribution in [2.75, 3.05) is 0 Å². The van der Waals surface area contributed by atoms with Crippen molar-refractivity contribution in [2.45, 2.75) is 0 Å². The molecule has 0 unspecified atom stereocenters. The Hall–Kier alpha value is -2.89. The highest BCUT2D eigenvalue weighted by Gasteiger charge is 2.16. The predicted octanol–water partition coefficient (Wildman–Crippen LogP) is 2.10. The summed E-state index contributed by atoms with van der Waals surface area (Å²) in [6.07, 6.45) is 1.18. The Kier molecular flexibility index (Phi) is 3.42. The molecule has 6 nitrogen and oxygen atoms in total. The van der Waals surface area contributed by atoms with Crippen molar-refractivity contribution in [1.29, 1.82) is 0 Å². The van der Waals surface area contributed by atoms with Crippen LogP contribution in [0.5, 0.6) is 0 Å². The zero-order valence-electron chi connectivity index (χ0n) is 9.78. The second-order valence-electron chi connectivity index (χ2n) is 3.72. The monoisotopic (exact) mass is 258 g/mol. The molecule has 2 N–H and O–H groups in total. The van der Waals surface area contributed by atoms with Gasteiger partial charge in [0.1, 0.15) is 10.7 Å². The van der Waals surface area contributed by atoms with E-state index in [9.17, 15) is 14.9 Å². The molecule has 0 fully saturated rings. The van der Waals surface area contributed by atoms with Crippen LogP contribution in [0.4, 0.5) is 5.88 Å². The van der Waals surface area contributed by atoms with Crippen LogP contribution in [0.25, 0.3) is 5.57 Å². The molecule has 0 aliphatic rings. The van der Waals surface area contributed by atoms with Gasteiger partial charge < -0.3 is 10.2 Å². The van der Waals surface area contributed by atoms with Crippen LogP contribution in [0.2, 0.25) is 0 Å². The van der Waals surface area contributed by atoms with Crippen LogP contribution in [0.15, 0.2) is 53.0 Å².